The quantitative estimate of drug-likeness (QED) is 0.274. The van der Waals surface area contributed by atoms with E-state index in [-0.39, 0.29) is 0 Å². The molecule has 0 aromatic carbocycles. The Morgan fingerprint density at radius 2 is 1.95 bits per heavy atom. The second kappa shape index (κ2) is 11.9. The molecule has 0 fully saturated rings. The third-order valence-electron chi connectivity index (χ3n) is 2.65. The lowest BCUT2D eigenvalue weighted by Gasteiger charge is -2.18. The number of aliphatic imine (C=N–C) groups is 1. The molecular formula is C15H32N4O. The number of unbranched alkanes of at least 4 members (excludes halogenated alkanes) is 1. The van der Waals surface area contributed by atoms with Crippen molar-refractivity contribution in [2.75, 3.05) is 33.3 Å². The summed E-state index contributed by atoms with van der Waals surface area (Å²) >= 11 is 0. The second-order valence-corrected chi connectivity index (χ2v) is 5.87. The maximum Gasteiger partial charge on any atom is 0.0918 e. The van der Waals surface area contributed by atoms with Crippen LogP contribution in [-0.2, 0) is 4.74 Å². The van der Waals surface area contributed by atoms with Gasteiger partial charge < -0.3 is 15.5 Å². The maximum atomic E-state index is 5.48. The van der Waals surface area contributed by atoms with Gasteiger partial charge >= 0.3 is 0 Å². The second-order valence-electron chi connectivity index (χ2n) is 5.87. The molecule has 5 nitrogen and oxygen atoms in total. The minimum absolute atomic E-state index is 0.311. The lowest BCUT2D eigenvalue weighted by atomic mass is 10.2. The highest BCUT2D eigenvalue weighted by molar-refractivity contribution is 6.31. The first-order chi connectivity index (χ1) is 9.45. The highest BCUT2D eigenvalue weighted by Crippen LogP contribution is 1.96. The molecule has 5 heteroatoms. The van der Waals surface area contributed by atoms with Gasteiger partial charge in [0.15, 0.2) is 0 Å². The Bertz CT molecular complexity index is 288. The van der Waals surface area contributed by atoms with Crippen LogP contribution in [-0.4, -0.2) is 56.2 Å². The standard InChI is InChI=1S/C15H32N4O/c1-13(2)11-19(5)12-15(18-16)10-17-8-6-7-9-20-14(3)4/h10,13-14H,6-9,11-12,16H2,1-5H3/b17-10?,18-15+. The van der Waals surface area contributed by atoms with E-state index < -0.39 is 0 Å². The molecule has 0 radical (unpaired) electrons. The smallest absolute Gasteiger partial charge is 0.0918 e. The molecule has 0 bridgehead atoms. The van der Waals surface area contributed by atoms with Crippen molar-refractivity contribution in [1.29, 1.82) is 0 Å². The van der Waals surface area contributed by atoms with Crippen molar-refractivity contribution in [3.05, 3.63) is 0 Å². The number of hydrogen-bond acceptors (Lipinski definition) is 5. The Morgan fingerprint density at radius 1 is 1.25 bits per heavy atom. The minimum Gasteiger partial charge on any atom is -0.379 e. The van der Waals surface area contributed by atoms with Crippen molar-refractivity contribution in [1.82, 2.24) is 4.90 Å². The van der Waals surface area contributed by atoms with Gasteiger partial charge in [-0.1, -0.05) is 13.8 Å². The number of ether oxygens (including phenoxy) is 1. The number of nitrogens with two attached hydrogens (primary N) is 1. The van der Waals surface area contributed by atoms with E-state index >= 15 is 0 Å². The Labute approximate surface area is 124 Å². The predicted octanol–water partition coefficient (Wildman–Crippen LogP) is 2.16. The van der Waals surface area contributed by atoms with Crippen molar-refractivity contribution in [3.8, 4) is 0 Å². The van der Waals surface area contributed by atoms with Crippen molar-refractivity contribution in [2.24, 2.45) is 21.9 Å². The lowest BCUT2D eigenvalue weighted by molar-refractivity contribution is 0.0764. The van der Waals surface area contributed by atoms with Crippen LogP contribution in [0.2, 0.25) is 0 Å². The van der Waals surface area contributed by atoms with E-state index in [9.17, 15) is 0 Å². The van der Waals surface area contributed by atoms with Gasteiger partial charge in [-0.25, -0.2) is 0 Å². The summed E-state index contributed by atoms with van der Waals surface area (Å²) in [6.45, 7) is 11.9. The Hall–Kier alpha value is -0.940. The third-order valence-corrected chi connectivity index (χ3v) is 2.65. The van der Waals surface area contributed by atoms with Crippen molar-refractivity contribution in [2.45, 2.75) is 46.6 Å². The van der Waals surface area contributed by atoms with Gasteiger partial charge in [0, 0.05) is 32.5 Å². The van der Waals surface area contributed by atoms with Gasteiger partial charge in [-0.05, 0) is 39.7 Å². The zero-order valence-electron chi connectivity index (χ0n) is 13.8. The van der Waals surface area contributed by atoms with Crippen LogP contribution in [0, 0.1) is 5.92 Å². The minimum atomic E-state index is 0.311. The summed E-state index contributed by atoms with van der Waals surface area (Å²) in [5.74, 6) is 6.03. The summed E-state index contributed by atoms with van der Waals surface area (Å²) in [5.41, 5.74) is 0.826. The van der Waals surface area contributed by atoms with E-state index in [4.69, 9.17) is 10.6 Å². The van der Waals surface area contributed by atoms with Crippen molar-refractivity contribution in [3.63, 3.8) is 0 Å². The average molecular weight is 284 g/mol. The number of rotatable bonds is 11. The molecule has 2 N–H and O–H groups in total. The molecule has 0 atom stereocenters. The highest BCUT2D eigenvalue weighted by atomic mass is 16.5. The fourth-order valence-electron chi connectivity index (χ4n) is 1.87. The fraction of sp³-hybridized carbons (Fsp3) is 0.867. The van der Waals surface area contributed by atoms with Gasteiger partial charge in [-0.2, -0.15) is 5.10 Å². The summed E-state index contributed by atoms with van der Waals surface area (Å²) in [5, 5.41) is 3.79. The lowest BCUT2D eigenvalue weighted by Crippen LogP contribution is -2.30. The summed E-state index contributed by atoms with van der Waals surface area (Å²) < 4.78 is 5.48. The summed E-state index contributed by atoms with van der Waals surface area (Å²) in [7, 11) is 2.07. The molecule has 0 saturated carbocycles. The van der Waals surface area contributed by atoms with E-state index in [1.807, 2.05) is 0 Å². The Morgan fingerprint density at radius 3 is 2.50 bits per heavy atom. The van der Waals surface area contributed by atoms with Crippen LogP contribution in [0.5, 0.6) is 0 Å². The Balaban J connectivity index is 3.80. The van der Waals surface area contributed by atoms with E-state index in [0.29, 0.717) is 12.0 Å². The van der Waals surface area contributed by atoms with Crippen LogP contribution in [0.3, 0.4) is 0 Å². The fourth-order valence-corrected chi connectivity index (χ4v) is 1.87. The van der Waals surface area contributed by atoms with Crippen LogP contribution in [0.4, 0.5) is 0 Å². The van der Waals surface area contributed by atoms with Crippen LogP contribution >= 0.6 is 0 Å². The first kappa shape index (κ1) is 19.1. The SMILES string of the molecule is CC(C)CN(C)C/C(C=NCCCCOC(C)C)=N/N. The molecule has 0 aromatic rings. The van der Waals surface area contributed by atoms with E-state index in [1.165, 1.54) is 0 Å². The van der Waals surface area contributed by atoms with Crippen LogP contribution in [0.1, 0.15) is 40.5 Å². The summed E-state index contributed by atoms with van der Waals surface area (Å²) in [6.07, 6.45) is 4.17. The topological polar surface area (TPSA) is 63.2 Å². The van der Waals surface area contributed by atoms with Gasteiger partial charge in [0.05, 0.1) is 11.8 Å². The first-order valence-corrected chi connectivity index (χ1v) is 7.52. The molecule has 0 aliphatic rings. The molecular weight excluding hydrogens is 252 g/mol. The molecule has 0 heterocycles. The molecule has 20 heavy (non-hydrogen) atoms. The van der Waals surface area contributed by atoms with Crippen molar-refractivity contribution >= 4 is 11.9 Å². The maximum absolute atomic E-state index is 5.48. The first-order valence-electron chi connectivity index (χ1n) is 7.52. The van der Waals surface area contributed by atoms with Crippen LogP contribution < -0.4 is 5.84 Å². The predicted molar refractivity (Wildman–Crippen MR) is 87.6 cm³/mol. The normalized spacial score (nSPS) is 13.3. The zero-order valence-corrected chi connectivity index (χ0v) is 13.8. The monoisotopic (exact) mass is 284 g/mol. The molecule has 118 valence electrons. The van der Waals surface area contributed by atoms with Gasteiger partial charge in [0.25, 0.3) is 0 Å². The van der Waals surface area contributed by atoms with Gasteiger partial charge in [0.2, 0.25) is 0 Å². The van der Waals surface area contributed by atoms with E-state index in [0.717, 1.165) is 44.8 Å². The van der Waals surface area contributed by atoms with E-state index in [2.05, 4.69) is 49.7 Å². The van der Waals surface area contributed by atoms with Gasteiger partial charge in [-0.15, -0.1) is 0 Å². The zero-order chi connectivity index (χ0) is 15.4. The van der Waals surface area contributed by atoms with Crippen LogP contribution in [0.25, 0.3) is 0 Å². The number of hydrazone groups is 1. The van der Waals surface area contributed by atoms with Crippen LogP contribution in [0.15, 0.2) is 10.1 Å². The van der Waals surface area contributed by atoms with E-state index in [1.54, 1.807) is 6.21 Å². The molecule has 0 aromatic heterocycles. The number of nitrogens with zero attached hydrogens (tertiary/aromatic N) is 3. The van der Waals surface area contributed by atoms with Crippen molar-refractivity contribution < 1.29 is 4.74 Å². The largest absolute Gasteiger partial charge is 0.379 e. The molecule has 0 saturated heterocycles. The molecule has 0 amide bonds. The number of hydrogen-bond donors (Lipinski definition) is 1. The van der Waals surface area contributed by atoms with Gasteiger partial charge in [0.1, 0.15) is 0 Å². The molecule has 0 spiro atoms. The average Bonchev–Trinajstić information content (AvgIpc) is 2.34. The summed E-state index contributed by atoms with van der Waals surface area (Å²) in [6, 6.07) is 0. The molecule has 0 aliphatic heterocycles. The van der Waals surface area contributed by atoms with Gasteiger partial charge in [-0.3, -0.25) is 4.99 Å². The highest BCUT2D eigenvalue weighted by Gasteiger charge is 2.04. The Kier molecular flexibility index (Phi) is 11.3. The molecule has 0 rings (SSSR count). The molecule has 0 unspecified atom stereocenters. The summed E-state index contributed by atoms with van der Waals surface area (Å²) in [4.78, 5) is 6.58. The molecule has 0 aliphatic carbocycles. The third kappa shape index (κ3) is 12.1.